The third-order valence-corrected chi connectivity index (χ3v) is 4.68. The molecule has 0 bridgehead atoms. The summed E-state index contributed by atoms with van der Waals surface area (Å²) in [4.78, 5) is 12.0. The lowest BCUT2D eigenvalue weighted by Gasteiger charge is -2.01. The van der Waals surface area contributed by atoms with Gasteiger partial charge in [0.15, 0.2) is 0 Å². The third kappa shape index (κ3) is 2.79. The molecule has 1 aromatic carbocycles. The molecule has 0 radical (unpaired) electrons. The van der Waals surface area contributed by atoms with Gasteiger partial charge in [-0.2, -0.15) is 5.10 Å². The quantitative estimate of drug-likeness (QED) is 0.873. The number of hydrogen-bond donors (Lipinski definition) is 2. The maximum absolute atomic E-state index is 14.0. The van der Waals surface area contributed by atoms with Gasteiger partial charge in [-0.15, -0.1) is 0 Å². The van der Waals surface area contributed by atoms with Crippen LogP contribution in [0.25, 0.3) is 0 Å². The zero-order valence-electron chi connectivity index (χ0n) is 12.7. The molecule has 2 fully saturated rings. The van der Waals surface area contributed by atoms with Crippen LogP contribution in [0.2, 0.25) is 0 Å². The van der Waals surface area contributed by atoms with Gasteiger partial charge in [0.05, 0.1) is 11.6 Å². The minimum Gasteiger partial charge on any atom is -0.311 e. The number of halogens is 3. The predicted octanol–water partition coefficient (Wildman–Crippen LogP) is 3.80. The Morgan fingerprint density at radius 3 is 2.83 bits per heavy atom. The second-order valence-corrected chi connectivity index (χ2v) is 6.55. The number of aromatic amines is 1. The molecule has 2 N–H and O–H groups in total. The van der Waals surface area contributed by atoms with Crippen LogP contribution in [0.15, 0.2) is 30.3 Å². The Labute approximate surface area is 136 Å². The van der Waals surface area contributed by atoms with Gasteiger partial charge in [-0.1, -0.05) is 12.1 Å². The Bertz CT molecular complexity index is 785. The van der Waals surface area contributed by atoms with Gasteiger partial charge >= 0.3 is 0 Å². The monoisotopic (exact) mass is 335 g/mol. The summed E-state index contributed by atoms with van der Waals surface area (Å²) in [6.07, 6.45) is 1.86. The van der Waals surface area contributed by atoms with Crippen LogP contribution in [0.5, 0.6) is 0 Å². The fraction of sp³-hybridized carbons (Fsp3) is 0.412. The number of carbonyl (C=O) groups excluding carboxylic acids is 1. The van der Waals surface area contributed by atoms with E-state index >= 15 is 0 Å². The van der Waals surface area contributed by atoms with E-state index in [9.17, 15) is 18.0 Å². The maximum Gasteiger partial charge on any atom is 0.259 e. The average molecular weight is 335 g/mol. The molecule has 1 amide bonds. The Hall–Kier alpha value is -2.31. The van der Waals surface area contributed by atoms with Gasteiger partial charge in [0.1, 0.15) is 11.6 Å². The van der Waals surface area contributed by atoms with Crippen molar-refractivity contribution >= 4 is 11.7 Å². The van der Waals surface area contributed by atoms with Crippen LogP contribution in [0, 0.1) is 11.7 Å². The molecule has 24 heavy (non-hydrogen) atoms. The van der Waals surface area contributed by atoms with Crippen LogP contribution >= 0.6 is 0 Å². The number of anilines is 1. The molecule has 2 aliphatic carbocycles. The molecule has 4 rings (SSSR count). The predicted molar refractivity (Wildman–Crippen MR) is 81.4 cm³/mol. The number of benzene rings is 1. The Balaban J connectivity index is 1.39. The molecular weight excluding hydrogens is 319 g/mol. The minimum atomic E-state index is -2.99. The first-order valence-electron chi connectivity index (χ1n) is 7.93. The Kier molecular flexibility index (Phi) is 3.40. The average Bonchev–Trinajstić information content (AvgIpc) is 3.39. The van der Waals surface area contributed by atoms with Crippen molar-refractivity contribution in [2.45, 2.75) is 37.0 Å². The van der Waals surface area contributed by atoms with Gasteiger partial charge in [-0.3, -0.25) is 9.89 Å². The lowest BCUT2D eigenvalue weighted by Crippen LogP contribution is -2.14. The van der Waals surface area contributed by atoms with E-state index in [2.05, 4.69) is 15.5 Å². The summed E-state index contributed by atoms with van der Waals surface area (Å²) in [5, 5.41) is 9.37. The van der Waals surface area contributed by atoms with E-state index in [1.807, 2.05) is 0 Å². The van der Waals surface area contributed by atoms with Crippen LogP contribution in [0.4, 0.5) is 19.0 Å². The van der Waals surface area contributed by atoms with E-state index in [0.29, 0.717) is 11.7 Å². The van der Waals surface area contributed by atoms with Crippen molar-refractivity contribution < 1.29 is 18.0 Å². The second-order valence-electron chi connectivity index (χ2n) is 6.55. The molecule has 4 nitrogen and oxygen atoms in total. The molecule has 0 spiro atoms. The molecule has 0 saturated heterocycles. The van der Waals surface area contributed by atoms with Crippen LogP contribution in [0.3, 0.4) is 0 Å². The summed E-state index contributed by atoms with van der Waals surface area (Å²) in [5.74, 6) is -5.38. The Morgan fingerprint density at radius 2 is 2.12 bits per heavy atom. The fourth-order valence-electron chi connectivity index (χ4n) is 3.19. The first kappa shape index (κ1) is 15.2. The van der Waals surface area contributed by atoms with E-state index < -0.39 is 29.5 Å². The van der Waals surface area contributed by atoms with Crippen molar-refractivity contribution in [3.8, 4) is 0 Å². The van der Waals surface area contributed by atoms with Crippen molar-refractivity contribution in [2.75, 3.05) is 5.32 Å². The number of carbonyl (C=O) groups is 1. The van der Waals surface area contributed by atoms with Crippen LogP contribution < -0.4 is 5.32 Å². The summed E-state index contributed by atoms with van der Waals surface area (Å²) >= 11 is 0. The van der Waals surface area contributed by atoms with Crippen molar-refractivity contribution in [1.29, 1.82) is 0 Å². The topological polar surface area (TPSA) is 57.8 Å². The molecule has 1 aromatic heterocycles. The highest BCUT2D eigenvalue weighted by atomic mass is 19.3. The number of nitrogens with zero attached hydrogens (tertiary/aromatic N) is 1. The number of hydrogen-bond acceptors (Lipinski definition) is 2. The van der Waals surface area contributed by atoms with Crippen LogP contribution in [-0.4, -0.2) is 22.0 Å². The largest absolute Gasteiger partial charge is 0.311 e. The number of amides is 1. The maximum atomic E-state index is 14.0. The lowest BCUT2D eigenvalue weighted by atomic mass is 10.1. The van der Waals surface area contributed by atoms with Crippen molar-refractivity contribution in [2.24, 2.45) is 5.92 Å². The van der Waals surface area contributed by atoms with Crippen molar-refractivity contribution in [3.05, 3.63) is 47.4 Å². The van der Waals surface area contributed by atoms with Gasteiger partial charge in [0, 0.05) is 24.3 Å². The summed E-state index contributed by atoms with van der Waals surface area (Å²) in [6, 6.07) is 6.93. The summed E-state index contributed by atoms with van der Waals surface area (Å²) in [6.45, 7) is 0. The van der Waals surface area contributed by atoms with E-state index in [-0.39, 0.29) is 12.0 Å². The van der Waals surface area contributed by atoms with E-state index in [0.717, 1.165) is 24.6 Å². The van der Waals surface area contributed by atoms with E-state index in [1.165, 1.54) is 18.2 Å². The van der Waals surface area contributed by atoms with Gasteiger partial charge in [0.25, 0.3) is 5.92 Å². The molecular formula is C17H16F3N3O. The highest BCUT2D eigenvalue weighted by Crippen LogP contribution is 2.63. The molecule has 2 unspecified atom stereocenters. The molecule has 2 atom stereocenters. The second kappa shape index (κ2) is 5.36. The molecule has 1 heterocycles. The molecule has 126 valence electrons. The summed E-state index contributed by atoms with van der Waals surface area (Å²) in [5.41, 5.74) is 1.12. The number of aromatic nitrogens is 2. The minimum absolute atomic E-state index is 0.232. The normalized spacial score (nSPS) is 24.6. The van der Waals surface area contributed by atoms with Gasteiger partial charge in [-0.25, -0.2) is 13.2 Å². The smallest absolute Gasteiger partial charge is 0.259 e. The van der Waals surface area contributed by atoms with Gasteiger partial charge in [-0.05, 0) is 30.5 Å². The van der Waals surface area contributed by atoms with E-state index in [4.69, 9.17) is 0 Å². The van der Waals surface area contributed by atoms with Crippen LogP contribution in [0.1, 0.15) is 42.4 Å². The lowest BCUT2D eigenvalue weighted by molar-refractivity contribution is -0.117. The van der Waals surface area contributed by atoms with Crippen LogP contribution in [-0.2, 0) is 4.79 Å². The number of nitrogens with one attached hydrogen (secondary N) is 2. The highest BCUT2D eigenvalue weighted by molar-refractivity contribution is 5.90. The SMILES string of the molecule is O=C(CC1C(c2cccc(F)c2)C1(F)F)Nc1cc(C2CC2)n[nH]1. The first-order valence-corrected chi connectivity index (χ1v) is 7.93. The number of rotatable bonds is 5. The zero-order valence-corrected chi connectivity index (χ0v) is 12.7. The van der Waals surface area contributed by atoms with Crippen molar-refractivity contribution in [1.82, 2.24) is 10.2 Å². The highest BCUT2D eigenvalue weighted by Gasteiger charge is 2.68. The van der Waals surface area contributed by atoms with Gasteiger partial charge < -0.3 is 5.32 Å². The van der Waals surface area contributed by atoms with Gasteiger partial charge in [0.2, 0.25) is 5.91 Å². The third-order valence-electron chi connectivity index (χ3n) is 4.68. The molecule has 2 aromatic rings. The number of alkyl halides is 2. The fourth-order valence-corrected chi connectivity index (χ4v) is 3.19. The van der Waals surface area contributed by atoms with Crippen molar-refractivity contribution in [3.63, 3.8) is 0 Å². The zero-order chi connectivity index (χ0) is 16.9. The first-order chi connectivity index (χ1) is 11.4. The molecule has 2 saturated carbocycles. The molecule has 2 aliphatic rings. The summed E-state index contributed by atoms with van der Waals surface area (Å²) < 4.78 is 41.2. The van der Waals surface area contributed by atoms with E-state index in [1.54, 1.807) is 6.07 Å². The standard InChI is InChI=1S/C17H16F3N3O/c18-11-3-1-2-10(6-11)16-12(17(16,19)20)7-15(24)21-14-8-13(22-23-14)9-4-5-9/h1-3,6,8-9,12,16H,4-5,7H2,(H2,21,22,23,24). The Morgan fingerprint density at radius 1 is 1.33 bits per heavy atom. The summed E-state index contributed by atoms with van der Waals surface area (Å²) in [7, 11) is 0. The molecule has 7 heteroatoms. The molecule has 0 aliphatic heterocycles. The number of H-pyrrole nitrogens is 1.